The maximum absolute atomic E-state index is 13.0. The highest BCUT2D eigenvalue weighted by Crippen LogP contribution is 2.17. The number of nitrogens with zero attached hydrogens (tertiary/aromatic N) is 1. The van der Waals surface area contributed by atoms with Gasteiger partial charge in [0.25, 0.3) is 6.47 Å². The first-order valence-corrected chi connectivity index (χ1v) is 13.5. The van der Waals surface area contributed by atoms with Gasteiger partial charge in [0.1, 0.15) is 6.61 Å². The summed E-state index contributed by atoms with van der Waals surface area (Å²) in [5.41, 5.74) is 7.56. The summed E-state index contributed by atoms with van der Waals surface area (Å²) in [4.78, 5) is 85.6. The van der Waals surface area contributed by atoms with Gasteiger partial charge in [-0.25, -0.2) is 5.43 Å². The average Bonchev–Trinajstić information content (AvgIpc) is 3.25. The fourth-order valence-corrected chi connectivity index (χ4v) is 4.16. The van der Waals surface area contributed by atoms with Crippen LogP contribution in [0.5, 0.6) is 0 Å². The molecule has 4 amide bonds. The van der Waals surface area contributed by atoms with Crippen LogP contribution in [0.25, 0.3) is 0 Å². The molecule has 0 saturated carbocycles. The summed E-state index contributed by atoms with van der Waals surface area (Å²) in [6.07, 6.45) is 0.180. The molecule has 0 aromatic heterocycles. The molecule has 2 atom stereocenters. The maximum atomic E-state index is 13.0. The van der Waals surface area contributed by atoms with Crippen molar-refractivity contribution in [2.24, 2.45) is 5.92 Å². The monoisotopic (exact) mass is 594 g/mol. The molecule has 1 aliphatic rings. The van der Waals surface area contributed by atoms with Gasteiger partial charge in [0.15, 0.2) is 0 Å². The third kappa shape index (κ3) is 10.4. The number of rotatable bonds is 18. The maximum Gasteiger partial charge on any atom is 0.293 e. The first-order valence-electron chi connectivity index (χ1n) is 13.5. The number of hydrogen-bond donors (Lipinski definition) is 5. The minimum atomic E-state index is -1.18. The minimum Gasteiger partial charge on any atom is -0.463 e. The van der Waals surface area contributed by atoms with Crippen molar-refractivity contribution in [2.45, 2.75) is 32.4 Å². The van der Waals surface area contributed by atoms with Gasteiger partial charge in [-0.15, -0.1) is 0 Å². The number of amides is 4. The van der Waals surface area contributed by atoms with Gasteiger partial charge in [-0.1, -0.05) is 49.4 Å². The van der Waals surface area contributed by atoms with E-state index >= 15 is 0 Å². The van der Waals surface area contributed by atoms with E-state index < -0.39 is 41.9 Å². The number of nitrogens with one attached hydrogen (secondary N) is 5. The van der Waals surface area contributed by atoms with E-state index in [1.807, 2.05) is 0 Å². The van der Waals surface area contributed by atoms with E-state index in [9.17, 15) is 33.6 Å². The molecule has 0 aliphatic carbocycles. The molecule has 43 heavy (non-hydrogen) atoms. The summed E-state index contributed by atoms with van der Waals surface area (Å²) < 4.78 is 4.69. The number of hydrogen-bond acceptors (Lipinski definition) is 11. The van der Waals surface area contributed by atoms with Crippen molar-refractivity contribution in [3.8, 4) is 0 Å². The molecule has 14 heteroatoms. The van der Waals surface area contributed by atoms with Gasteiger partial charge in [-0.2, -0.15) is 0 Å². The normalized spacial score (nSPS) is 15.0. The molecule has 1 aliphatic heterocycles. The van der Waals surface area contributed by atoms with Crippen molar-refractivity contribution in [2.75, 3.05) is 31.7 Å². The zero-order valence-corrected chi connectivity index (χ0v) is 23.6. The summed E-state index contributed by atoms with van der Waals surface area (Å²) in [6, 6.07) is 14.5. The molecular weight excluding hydrogens is 560 g/mol. The Kier molecular flexibility index (Phi) is 12.5. The Morgan fingerprint density at radius 1 is 0.953 bits per heavy atom. The molecule has 0 radical (unpaired) electrons. The van der Waals surface area contributed by atoms with Gasteiger partial charge in [0.05, 0.1) is 32.3 Å². The van der Waals surface area contributed by atoms with Gasteiger partial charge < -0.3 is 20.8 Å². The lowest BCUT2D eigenvalue weighted by Gasteiger charge is -2.18. The molecule has 1 saturated heterocycles. The topological polar surface area (TPSA) is 192 Å². The number of ether oxygens (including phenoxy) is 1. The molecule has 1 heterocycles. The smallest absolute Gasteiger partial charge is 0.293 e. The summed E-state index contributed by atoms with van der Waals surface area (Å²) in [7, 11) is 0. The fraction of sp³-hybridized carbons (Fsp3) is 0.345. The van der Waals surface area contributed by atoms with E-state index in [-0.39, 0.29) is 51.0 Å². The quantitative estimate of drug-likeness (QED) is 0.0628. The number of likely N-dealkylation sites (tertiary alicyclic amines) is 1. The van der Waals surface area contributed by atoms with Crippen molar-refractivity contribution in [1.29, 1.82) is 0 Å². The van der Waals surface area contributed by atoms with E-state index in [2.05, 4.69) is 31.5 Å². The number of ketones is 2. The van der Waals surface area contributed by atoms with Crippen molar-refractivity contribution in [3.05, 3.63) is 65.7 Å². The molecule has 2 aromatic rings. The highest BCUT2D eigenvalue weighted by Gasteiger charge is 2.35. The minimum absolute atomic E-state index is 0.0563. The van der Waals surface area contributed by atoms with Crippen LogP contribution in [0.1, 0.15) is 24.5 Å². The molecule has 14 nitrogen and oxygen atoms in total. The first kappa shape index (κ1) is 32.6. The first-order chi connectivity index (χ1) is 20.7. The number of carbonyl (C=O) groups excluding carboxylic acids is 7. The van der Waals surface area contributed by atoms with Gasteiger partial charge in [-0.3, -0.25) is 43.8 Å². The van der Waals surface area contributed by atoms with E-state index in [1.165, 1.54) is 0 Å². The largest absolute Gasteiger partial charge is 0.463 e. The lowest BCUT2D eigenvalue weighted by atomic mass is 10.00. The second-order valence-electron chi connectivity index (χ2n) is 9.81. The van der Waals surface area contributed by atoms with Crippen LogP contribution in [-0.4, -0.2) is 78.9 Å². The molecule has 0 bridgehead atoms. The molecule has 0 spiro atoms. The fourth-order valence-electron chi connectivity index (χ4n) is 4.16. The Labute approximate surface area is 247 Å². The number of anilines is 1. The molecule has 3 rings (SSSR count). The van der Waals surface area contributed by atoms with Crippen molar-refractivity contribution < 1.29 is 38.3 Å². The molecule has 1 unspecified atom stereocenters. The highest BCUT2D eigenvalue weighted by atomic mass is 16.5. The predicted octanol–water partition coefficient (Wildman–Crippen LogP) is -0.800. The van der Waals surface area contributed by atoms with Crippen LogP contribution in [0.4, 0.5) is 5.69 Å². The van der Waals surface area contributed by atoms with Gasteiger partial charge in [-0.05, 0) is 23.3 Å². The van der Waals surface area contributed by atoms with Crippen LogP contribution in [0.3, 0.4) is 0 Å². The number of Topliss-reactive ketones (excluding diaryl/α,β-unsaturated/α-hetero) is 2. The Bertz CT molecular complexity index is 1320. The summed E-state index contributed by atoms with van der Waals surface area (Å²) in [6.45, 7) is 0.934. The van der Waals surface area contributed by atoms with Crippen LogP contribution in [0.2, 0.25) is 0 Å². The standard InChI is InChI=1S/C29H34N6O8/c1-19-11-27(40)35(29(19)42)17-30-14-25(38)31-15-26(39)33-23(12-20-5-3-2-4-6-20)28(41)24(37)13-32-34-22-9-7-21(8-10-22)16-43-18-36/h2-10,18-19,23,30,32,34H,11-17H2,1H3,(H,31,38)(H,33,39)/t19?,23-/m0/s1. The van der Waals surface area contributed by atoms with Gasteiger partial charge in [0, 0.05) is 24.4 Å². The van der Waals surface area contributed by atoms with Crippen LogP contribution < -0.4 is 26.8 Å². The second kappa shape index (κ2) is 16.5. The van der Waals surface area contributed by atoms with Gasteiger partial charge in [0.2, 0.25) is 35.2 Å². The summed E-state index contributed by atoms with van der Waals surface area (Å²) in [5.74, 6) is -3.89. The predicted molar refractivity (Wildman–Crippen MR) is 153 cm³/mol. The summed E-state index contributed by atoms with van der Waals surface area (Å²) >= 11 is 0. The molecule has 2 aromatic carbocycles. The van der Waals surface area contributed by atoms with Crippen molar-refractivity contribution >= 4 is 47.4 Å². The molecule has 5 N–H and O–H groups in total. The van der Waals surface area contributed by atoms with Crippen molar-refractivity contribution in [1.82, 2.24) is 26.3 Å². The zero-order chi connectivity index (χ0) is 31.2. The third-order valence-electron chi connectivity index (χ3n) is 6.43. The third-order valence-corrected chi connectivity index (χ3v) is 6.43. The molecule has 1 fully saturated rings. The number of carbonyl (C=O) groups is 7. The molecular formula is C29H34N6O8. The van der Waals surface area contributed by atoms with E-state index in [4.69, 9.17) is 0 Å². The van der Waals surface area contributed by atoms with E-state index in [1.54, 1.807) is 61.5 Å². The van der Waals surface area contributed by atoms with Crippen LogP contribution in [-0.2, 0) is 51.3 Å². The Balaban J connectivity index is 1.47. The molecule has 228 valence electrons. The van der Waals surface area contributed by atoms with E-state index in [0.29, 0.717) is 17.7 Å². The SMILES string of the molecule is CC1CC(=O)N(CNCC(=O)NCC(=O)N[C@@H](Cc2ccccc2)C(=O)C(=O)CNNc2ccc(COC=O)cc2)C1=O. The Hall–Kier alpha value is -4.95. The zero-order valence-electron chi connectivity index (χ0n) is 23.6. The Morgan fingerprint density at radius 3 is 2.33 bits per heavy atom. The lowest BCUT2D eigenvalue weighted by molar-refractivity contribution is -0.140. The van der Waals surface area contributed by atoms with Crippen LogP contribution in [0.15, 0.2) is 54.6 Å². The van der Waals surface area contributed by atoms with Gasteiger partial charge >= 0.3 is 0 Å². The average molecular weight is 595 g/mol. The van der Waals surface area contributed by atoms with Crippen LogP contribution in [0, 0.1) is 5.92 Å². The number of hydrazine groups is 1. The second-order valence-corrected chi connectivity index (χ2v) is 9.81. The lowest BCUT2D eigenvalue weighted by Crippen LogP contribution is -2.51. The van der Waals surface area contributed by atoms with Crippen molar-refractivity contribution in [3.63, 3.8) is 0 Å². The van der Waals surface area contributed by atoms with Crippen LogP contribution >= 0.6 is 0 Å². The number of benzene rings is 2. The van der Waals surface area contributed by atoms with E-state index in [0.717, 1.165) is 10.5 Å². The number of imide groups is 1. The highest BCUT2D eigenvalue weighted by molar-refractivity contribution is 6.40. The summed E-state index contributed by atoms with van der Waals surface area (Å²) in [5, 5.41) is 7.61. The Morgan fingerprint density at radius 2 is 1.67 bits per heavy atom.